The van der Waals surface area contributed by atoms with Gasteiger partial charge < -0.3 is 34.2 Å². The summed E-state index contributed by atoms with van der Waals surface area (Å²) in [4.78, 5) is 64.3. The lowest BCUT2D eigenvalue weighted by molar-refractivity contribution is -0.141. The summed E-state index contributed by atoms with van der Waals surface area (Å²) in [6.45, 7) is 11.5. The van der Waals surface area contributed by atoms with Gasteiger partial charge in [-0.1, -0.05) is 37.3 Å². The molecule has 4 aliphatic heterocycles. The lowest BCUT2D eigenvalue weighted by Crippen LogP contribution is -2.55. The molecule has 0 aromatic heterocycles. The van der Waals surface area contributed by atoms with E-state index in [0.29, 0.717) is 81.0 Å². The van der Waals surface area contributed by atoms with Crippen LogP contribution in [-0.4, -0.2) is 143 Å². The van der Waals surface area contributed by atoms with Crippen LogP contribution in [0.15, 0.2) is 36.4 Å². The molecule has 4 aliphatic rings. The first-order valence-electron chi connectivity index (χ1n) is 19.8. The standard InChI is InChI=1S/C41H57IN6O7/c1-29-24-31(25-30(2)39(51)45-22-20-44(21-23-45)34-9-14-43(15-10-34)16-13-37(49)55-28-42)26-33(38(29)50)27-48-36-7-5-4-6-32(36)8-19-47(40(48)52)35-11-17-46(18-12-35)41(53)54-3/h4-7,24,26,30,34-35,50H,8-23,25,27-28H2,1-3H3/t30-/m1/s1. The number of piperidine rings is 2. The number of nitrogens with zero attached hydrogens (tertiary/aromatic N) is 6. The summed E-state index contributed by atoms with van der Waals surface area (Å²) in [6.07, 6.45) is 4.82. The van der Waals surface area contributed by atoms with Gasteiger partial charge >= 0.3 is 18.1 Å². The Morgan fingerprint density at radius 3 is 2.29 bits per heavy atom. The summed E-state index contributed by atoms with van der Waals surface area (Å²) in [5.74, 6) is -0.0685. The molecule has 3 saturated heterocycles. The second-order valence-corrected chi connectivity index (χ2v) is 16.1. The number of fused-ring (bicyclic) bond motifs is 1. The number of benzene rings is 2. The monoisotopic (exact) mass is 872 g/mol. The van der Waals surface area contributed by atoms with Gasteiger partial charge in [-0.15, -0.1) is 0 Å². The van der Waals surface area contributed by atoms with Crippen molar-refractivity contribution in [3.8, 4) is 5.75 Å². The number of esters is 1. The lowest BCUT2D eigenvalue weighted by Gasteiger charge is -2.43. The number of ether oxygens (including phenoxy) is 2. The first-order valence-corrected chi connectivity index (χ1v) is 21.4. The molecule has 0 radical (unpaired) electrons. The molecule has 55 heavy (non-hydrogen) atoms. The third-order valence-corrected chi connectivity index (χ3v) is 12.3. The highest BCUT2D eigenvalue weighted by atomic mass is 127. The van der Waals surface area contributed by atoms with Gasteiger partial charge in [-0.05, 0) is 104 Å². The summed E-state index contributed by atoms with van der Waals surface area (Å²) < 4.78 is 10.4. The van der Waals surface area contributed by atoms with Gasteiger partial charge in [-0.2, -0.15) is 0 Å². The number of alkyl halides is 1. The van der Waals surface area contributed by atoms with Crippen molar-refractivity contribution in [2.75, 3.05) is 82.1 Å². The molecule has 300 valence electrons. The van der Waals surface area contributed by atoms with E-state index >= 15 is 0 Å². The Balaban J connectivity index is 1.06. The maximum absolute atomic E-state index is 14.4. The van der Waals surface area contributed by atoms with Crippen LogP contribution in [0.25, 0.3) is 0 Å². The second kappa shape index (κ2) is 19.0. The fraction of sp³-hybridized carbons (Fsp3) is 0.610. The third kappa shape index (κ3) is 10.0. The van der Waals surface area contributed by atoms with Crippen molar-refractivity contribution in [2.45, 2.75) is 77.4 Å². The Morgan fingerprint density at radius 2 is 1.60 bits per heavy atom. The number of anilines is 1. The van der Waals surface area contributed by atoms with Crippen LogP contribution in [0.1, 0.15) is 61.3 Å². The Labute approximate surface area is 339 Å². The van der Waals surface area contributed by atoms with E-state index in [4.69, 9.17) is 9.47 Å². The van der Waals surface area contributed by atoms with Crippen molar-refractivity contribution in [3.05, 3.63) is 58.7 Å². The van der Waals surface area contributed by atoms with Crippen molar-refractivity contribution in [2.24, 2.45) is 5.92 Å². The van der Waals surface area contributed by atoms with Gasteiger partial charge in [-0.25, -0.2) is 9.59 Å². The largest absolute Gasteiger partial charge is 0.507 e. The number of urea groups is 1. The van der Waals surface area contributed by atoms with Crippen molar-refractivity contribution < 1.29 is 33.8 Å². The highest BCUT2D eigenvalue weighted by Crippen LogP contribution is 2.34. The maximum atomic E-state index is 14.4. The molecule has 0 saturated carbocycles. The number of halogens is 1. The van der Waals surface area contributed by atoms with Gasteiger partial charge in [0.15, 0.2) is 0 Å². The number of piperazine rings is 1. The van der Waals surface area contributed by atoms with E-state index in [1.807, 2.05) is 76.6 Å². The van der Waals surface area contributed by atoms with Crippen LogP contribution in [-0.2, 0) is 38.4 Å². The van der Waals surface area contributed by atoms with Crippen LogP contribution in [0, 0.1) is 12.8 Å². The molecule has 14 heteroatoms. The number of amides is 4. The molecular formula is C41H57IN6O7. The number of para-hydroxylation sites is 1. The summed E-state index contributed by atoms with van der Waals surface area (Å²) in [5, 5.41) is 11.3. The van der Waals surface area contributed by atoms with E-state index in [0.717, 1.165) is 67.9 Å². The summed E-state index contributed by atoms with van der Waals surface area (Å²) in [6, 6.07) is 12.3. The van der Waals surface area contributed by atoms with Crippen LogP contribution in [0.4, 0.5) is 15.3 Å². The molecule has 0 bridgehead atoms. The first-order chi connectivity index (χ1) is 26.6. The smallest absolute Gasteiger partial charge is 0.409 e. The number of hydrogen-bond donors (Lipinski definition) is 1. The number of methoxy groups -OCH3 is 1. The number of likely N-dealkylation sites (tertiary alicyclic amines) is 2. The van der Waals surface area contributed by atoms with E-state index < -0.39 is 0 Å². The minimum Gasteiger partial charge on any atom is -0.507 e. The van der Waals surface area contributed by atoms with E-state index in [9.17, 15) is 24.3 Å². The van der Waals surface area contributed by atoms with Gasteiger partial charge in [0.2, 0.25) is 5.91 Å². The molecule has 1 atom stereocenters. The van der Waals surface area contributed by atoms with Crippen molar-refractivity contribution in [1.82, 2.24) is 24.5 Å². The molecule has 2 aromatic carbocycles. The molecule has 0 aliphatic carbocycles. The fourth-order valence-electron chi connectivity index (χ4n) is 8.85. The predicted octanol–water partition coefficient (Wildman–Crippen LogP) is 5.03. The van der Waals surface area contributed by atoms with E-state index in [-0.39, 0.29) is 48.3 Å². The van der Waals surface area contributed by atoms with Gasteiger partial charge in [0.25, 0.3) is 0 Å². The van der Waals surface area contributed by atoms with Gasteiger partial charge in [0.1, 0.15) is 10.4 Å². The Bertz CT molecular complexity index is 1670. The SMILES string of the molecule is COC(=O)N1CCC(N2CCc3ccccc3N(Cc3cc(C[C@@H](C)C(=O)N4CCN(C5CCN(CCC(=O)OCI)CC5)CC4)cc(C)c3O)C2=O)CC1. The zero-order valence-electron chi connectivity index (χ0n) is 32.6. The topological polar surface area (TPSA) is 126 Å². The first kappa shape index (κ1) is 41.0. The average Bonchev–Trinajstić information content (AvgIpc) is 3.34. The number of rotatable bonds is 11. The zero-order chi connectivity index (χ0) is 39.1. The molecule has 4 amide bonds. The van der Waals surface area contributed by atoms with Crippen molar-refractivity contribution in [3.63, 3.8) is 0 Å². The molecule has 13 nitrogen and oxygen atoms in total. The molecule has 0 spiro atoms. The van der Waals surface area contributed by atoms with Crippen molar-refractivity contribution in [1.29, 1.82) is 0 Å². The highest BCUT2D eigenvalue weighted by molar-refractivity contribution is 14.1. The Hall–Kier alpha value is -3.63. The Morgan fingerprint density at radius 1 is 0.909 bits per heavy atom. The minimum atomic E-state index is -0.340. The Kier molecular flexibility index (Phi) is 14.2. The summed E-state index contributed by atoms with van der Waals surface area (Å²) in [5.41, 5.74) is 4.25. The van der Waals surface area contributed by atoms with E-state index in [2.05, 4.69) is 15.9 Å². The van der Waals surface area contributed by atoms with Crippen LogP contribution in [0.3, 0.4) is 0 Å². The third-order valence-electron chi connectivity index (χ3n) is 12.0. The predicted molar refractivity (Wildman–Crippen MR) is 218 cm³/mol. The number of hydrogen-bond acceptors (Lipinski definition) is 9. The van der Waals surface area contributed by atoms with Crippen LogP contribution >= 0.6 is 22.6 Å². The number of aromatic hydroxyl groups is 1. The fourth-order valence-corrected chi connectivity index (χ4v) is 9.20. The lowest BCUT2D eigenvalue weighted by atomic mass is 9.95. The molecular weight excluding hydrogens is 815 g/mol. The van der Waals surface area contributed by atoms with Gasteiger partial charge in [0, 0.05) is 81.6 Å². The summed E-state index contributed by atoms with van der Waals surface area (Å²) in [7, 11) is 1.39. The molecule has 1 N–H and O–H groups in total. The van der Waals surface area contributed by atoms with Crippen LogP contribution < -0.4 is 4.90 Å². The highest BCUT2D eigenvalue weighted by Gasteiger charge is 2.36. The molecule has 4 heterocycles. The molecule has 3 fully saturated rings. The number of carbonyl (C=O) groups excluding carboxylic acids is 4. The molecule has 0 unspecified atom stereocenters. The quantitative estimate of drug-likeness (QED) is 0.188. The normalized spacial score (nSPS) is 19.9. The second-order valence-electron chi connectivity index (χ2n) is 15.5. The van der Waals surface area contributed by atoms with Crippen LogP contribution in [0.2, 0.25) is 0 Å². The van der Waals surface area contributed by atoms with Gasteiger partial charge in [-0.3, -0.25) is 19.4 Å². The molecule has 6 rings (SSSR count). The number of phenols is 1. The number of carbonyl (C=O) groups is 4. The zero-order valence-corrected chi connectivity index (χ0v) is 34.7. The number of phenolic OH excluding ortho intramolecular Hbond substituents is 1. The van der Waals surface area contributed by atoms with E-state index in [1.54, 1.807) is 9.80 Å². The van der Waals surface area contributed by atoms with E-state index in [1.165, 1.54) is 7.11 Å². The van der Waals surface area contributed by atoms with Crippen LogP contribution in [0.5, 0.6) is 5.75 Å². The van der Waals surface area contributed by atoms with Gasteiger partial charge in [0.05, 0.1) is 20.1 Å². The molecule has 2 aromatic rings. The van der Waals surface area contributed by atoms with Crippen molar-refractivity contribution >= 4 is 52.3 Å². The average molecular weight is 873 g/mol. The minimum absolute atomic E-state index is 0.0116. The number of aryl methyl sites for hydroxylation is 1. The maximum Gasteiger partial charge on any atom is 0.409 e. The summed E-state index contributed by atoms with van der Waals surface area (Å²) >= 11 is 2.04.